The van der Waals surface area contributed by atoms with Crippen LogP contribution in [0.4, 0.5) is 5.88 Å². The van der Waals surface area contributed by atoms with Crippen molar-refractivity contribution in [2.45, 2.75) is 20.4 Å². The van der Waals surface area contributed by atoms with Crippen molar-refractivity contribution in [2.24, 2.45) is 0 Å². The first-order valence-corrected chi connectivity index (χ1v) is 7.56. The summed E-state index contributed by atoms with van der Waals surface area (Å²) in [5, 5.41) is 11.8. The molecule has 0 saturated carbocycles. The number of nitrogens with zero attached hydrogens (tertiary/aromatic N) is 2. The number of rotatable bonds is 6. The molecule has 1 aromatic carbocycles. The molecule has 126 valence electrons. The van der Waals surface area contributed by atoms with Crippen LogP contribution in [0.2, 0.25) is 0 Å². The SMILES string of the molecule is COc1ccc(CN(C)CC(=O)Nc2oc(C)c(C)c2C#N)cc1. The molecule has 24 heavy (non-hydrogen) atoms. The minimum absolute atomic E-state index is 0.190. The predicted molar refractivity (Wildman–Crippen MR) is 90.9 cm³/mol. The molecule has 1 N–H and O–H groups in total. The molecule has 6 nitrogen and oxygen atoms in total. The normalized spacial score (nSPS) is 10.5. The fraction of sp³-hybridized carbons (Fsp3) is 0.333. The number of nitriles is 1. The zero-order valence-electron chi connectivity index (χ0n) is 14.3. The maximum absolute atomic E-state index is 12.2. The smallest absolute Gasteiger partial charge is 0.240 e. The van der Waals surface area contributed by atoms with E-state index in [9.17, 15) is 4.79 Å². The summed E-state index contributed by atoms with van der Waals surface area (Å²) in [5.74, 6) is 1.42. The van der Waals surface area contributed by atoms with Gasteiger partial charge in [-0.3, -0.25) is 15.0 Å². The van der Waals surface area contributed by atoms with Gasteiger partial charge in [0.2, 0.25) is 11.8 Å². The summed E-state index contributed by atoms with van der Waals surface area (Å²) in [5.41, 5.74) is 2.20. The highest BCUT2D eigenvalue weighted by Crippen LogP contribution is 2.25. The minimum atomic E-state index is -0.226. The van der Waals surface area contributed by atoms with Gasteiger partial charge >= 0.3 is 0 Å². The molecular formula is C18H21N3O3. The van der Waals surface area contributed by atoms with Gasteiger partial charge in [-0.05, 0) is 38.6 Å². The summed E-state index contributed by atoms with van der Waals surface area (Å²) in [6.45, 7) is 4.37. The Balaban J connectivity index is 1.94. The Labute approximate surface area is 141 Å². The largest absolute Gasteiger partial charge is 0.497 e. The van der Waals surface area contributed by atoms with Gasteiger partial charge in [-0.2, -0.15) is 5.26 Å². The van der Waals surface area contributed by atoms with Crippen LogP contribution in [0.3, 0.4) is 0 Å². The Bertz CT molecular complexity index is 757. The van der Waals surface area contributed by atoms with Crippen molar-refractivity contribution in [1.82, 2.24) is 4.90 Å². The highest BCUT2D eigenvalue weighted by Gasteiger charge is 2.17. The molecule has 2 rings (SSSR count). The van der Waals surface area contributed by atoms with Crippen molar-refractivity contribution in [1.29, 1.82) is 5.26 Å². The van der Waals surface area contributed by atoms with Crippen molar-refractivity contribution in [3.8, 4) is 11.8 Å². The number of aryl methyl sites for hydroxylation is 1. The monoisotopic (exact) mass is 327 g/mol. The maximum atomic E-state index is 12.2. The number of carbonyl (C=O) groups excluding carboxylic acids is 1. The lowest BCUT2D eigenvalue weighted by atomic mass is 10.2. The zero-order valence-corrected chi connectivity index (χ0v) is 14.3. The van der Waals surface area contributed by atoms with Gasteiger partial charge in [-0.15, -0.1) is 0 Å². The van der Waals surface area contributed by atoms with E-state index >= 15 is 0 Å². The second-order valence-electron chi connectivity index (χ2n) is 5.67. The van der Waals surface area contributed by atoms with Crippen LogP contribution in [0.15, 0.2) is 28.7 Å². The molecule has 1 amide bonds. The topological polar surface area (TPSA) is 78.5 Å². The highest BCUT2D eigenvalue weighted by atomic mass is 16.5. The second-order valence-corrected chi connectivity index (χ2v) is 5.67. The number of anilines is 1. The molecular weight excluding hydrogens is 306 g/mol. The first-order valence-electron chi connectivity index (χ1n) is 7.56. The van der Waals surface area contributed by atoms with Crippen molar-refractivity contribution in [2.75, 3.05) is 26.0 Å². The second kappa shape index (κ2) is 7.66. The third-order valence-corrected chi connectivity index (χ3v) is 3.78. The van der Waals surface area contributed by atoms with Crippen molar-refractivity contribution in [3.63, 3.8) is 0 Å². The van der Waals surface area contributed by atoms with Crippen LogP contribution in [0.1, 0.15) is 22.5 Å². The number of hydrogen-bond donors (Lipinski definition) is 1. The fourth-order valence-corrected chi connectivity index (χ4v) is 2.36. The van der Waals surface area contributed by atoms with Crippen molar-refractivity contribution < 1.29 is 13.9 Å². The summed E-state index contributed by atoms with van der Waals surface area (Å²) in [6, 6.07) is 9.75. The van der Waals surface area contributed by atoms with E-state index in [-0.39, 0.29) is 18.3 Å². The third-order valence-electron chi connectivity index (χ3n) is 3.78. The minimum Gasteiger partial charge on any atom is -0.497 e. The molecule has 0 spiro atoms. The van der Waals surface area contributed by atoms with E-state index in [1.807, 2.05) is 36.2 Å². The van der Waals surface area contributed by atoms with E-state index in [1.165, 1.54) is 0 Å². The summed E-state index contributed by atoms with van der Waals surface area (Å²) >= 11 is 0. The van der Waals surface area contributed by atoms with Gasteiger partial charge in [-0.1, -0.05) is 12.1 Å². The molecule has 0 atom stereocenters. The number of benzene rings is 1. The van der Waals surface area contributed by atoms with E-state index in [0.29, 0.717) is 17.9 Å². The molecule has 0 fully saturated rings. The van der Waals surface area contributed by atoms with E-state index in [4.69, 9.17) is 14.4 Å². The quantitative estimate of drug-likeness (QED) is 0.882. The number of furan rings is 1. The van der Waals surface area contributed by atoms with Crippen LogP contribution in [0.5, 0.6) is 5.75 Å². The summed E-state index contributed by atoms with van der Waals surface area (Å²) in [7, 11) is 3.48. The average molecular weight is 327 g/mol. The number of nitrogens with one attached hydrogen (secondary N) is 1. The average Bonchev–Trinajstić information content (AvgIpc) is 2.81. The lowest BCUT2D eigenvalue weighted by Gasteiger charge is -2.16. The first kappa shape index (κ1) is 17.6. The standard InChI is InChI=1S/C18H21N3O3/c1-12-13(2)24-18(16(12)9-19)20-17(22)11-21(3)10-14-5-7-15(23-4)8-6-14/h5-8H,10-11H2,1-4H3,(H,20,22). The van der Waals surface area contributed by atoms with Crippen LogP contribution in [-0.4, -0.2) is 31.5 Å². The van der Waals surface area contributed by atoms with Gasteiger partial charge in [-0.25, -0.2) is 0 Å². The molecule has 0 unspecified atom stereocenters. The van der Waals surface area contributed by atoms with Crippen LogP contribution >= 0.6 is 0 Å². The van der Waals surface area contributed by atoms with E-state index < -0.39 is 0 Å². The molecule has 0 aliphatic carbocycles. The number of likely N-dealkylation sites (N-methyl/N-ethyl adjacent to an activating group) is 1. The molecule has 0 aliphatic rings. The predicted octanol–water partition coefficient (Wildman–Crippen LogP) is 2.85. The van der Waals surface area contributed by atoms with E-state index in [1.54, 1.807) is 21.0 Å². The lowest BCUT2D eigenvalue weighted by molar-refractivity contribution is -0.117. The Hall–Kier alpha value is -2.78. The summed E-state index contributed by atoms with van der Waals surface area (Å²) in [6.07, 6.45) is 0. The molecule has 6 heteroatoms. The zero-order chi connectivity index (χ0) is 17.7. The van der Waals surface area contributed by atoms with Crippen LogP contribution in [0.25, 0.3) is 0 Å². The number of carbonyl (C=O) groups is 1. The summed E-state index contributed by atoms with van der Waals surface area (Å²) < 4.78 is 10.6. The van der Waals surface area contributed by atoms with Crippen LogP contribution in [-0.2, 0) is 11.3 Å². The van der Waals surface area contributed by atoms with Gasteiger partial charge in [0.1, 0.15) is 23.1 Å². The number of ether oxygens (including phenoxy) is 1. The van der Waals surface area contributed by atoms with Gasteiger partial charge in [0.05, 0.1) is 13.7 Å². The molecule has 0 aliphatic heterocycles. The summed E-state index contributed by atoms with van der Waals surface area (Å²) in [4.78, 5) is 14.0. The Morgan fingerprint density at radius 2 is 2.00 bits per heavy atom. The number of methoxy groups -OCH3 is 1. The first-order chi connectivity index (χ1) is 11.4. The van der Waals surface area contributed by atoms with Crippen LogP contribution < -0.4 is 10.1 Å². The molecule has 2 aromatic rings. The Kier molecular flexibility index (Phi) is 5.61. The van der Waals surface area contributed by atoms with Crippen LogP contribution in [0, 0.1) is 25.2 Å². The molecule has 1 heterocycles. The van der Waals surface area contributed by atoms with Gasteiger partial charge in [0.15, 0.2) is 0 Å². The lowest BCUT2D eigenvalue weighted by Crippen LogP contribution is -2.29. The fourth-order valence-electron chi connectivity index (χ4n) is 2.36. The van der Waals surface area contributed by atoms with E-state index in [0.717, 1.165) is 16.9 Å². The molecule has 1 aromatic heterocycles. The Morgan fingerprint density at radius 3 is 2.58 bits per heavy atom. The Morgan fingerprint density at radius 1 is 1.33 bits per heavy atom. The number of amides is 1. The third kappa shape index (κ3) is 4.15. The van der Waals surface area contributed by atoms with Crippen molar-refractivity contribution >= 4 is 11.8 Å². The number of hydrogen-bond acceptors (Lipinski definition) is 5. The van der Waals surface area contributed by atoms with Gasteiger partial charge < -0.3 is 9.15 Å². The van der Waals surface area contributed by atoms with Crippen molar-refractivity contribution in [3.05, 3.63) is 46.7 Å². The maximum Gasteiger partial charge on any atom is 0.240 e. The van der Waals surface area contributed by atoms with Gasteiger partial charge in [0.25, 0.3) is 0 Å². The molecule has 0 saturated heterocycles. The van der Waals surface area contributed by atoms with Gasteiger partial charge in [0, 0.05) is 12.1 Å². The molecule has 0 bridgehead atoms. The highest BCUT2D eigenvalue weighted by molar-refractivity contribution is 5.92. The molecule has 0 radical (unpaired) electrons. The van der Waals surface area contributed by atoms with E-state index in [2.05, 4.69) is 11.4 Å².